The summed E-state index contributed by atoms with van der Waals surface area (Å²) in [5.74, 6) is 0.448. The molecule has 1 aromatic heterocycles. The van der Waals surface area contributed by atoms with Crippen LogP contribution >= 0.6 is 11.6 Å². The third-order valence-electron chi connectivity index (χ3n) is 4.83. The van der Waals surface area contributed by atoms with Gasteiger partial charge in [-0.2, -0.15) is 0 Å². The molecular formula is C19H15ClN4O5. The normalized spacial score (nSPS) is 14.8. The number of aromatic nitrogens is 2. The number of halogens is 1. The first-order valence-electron chi connectivity index (χ1n) is 8.56. The number of nitro benzene ring substituents is 1. The van der Waals surface area contributed by atoms with Crippen molar-refractivity contribution < 1.29 is 9.66 Å². The molecule has 1 aliphatic rings. The van der Waals surface area contributed by atoms with E-state index in [0.717, 1.165) is 4.57 Å². The molecule has 9 nitrogen and oxygen atoms in total. The fourth-order valence-corrected chi connectivity index (χ4v) is 3.55. The number of hydrogen-bond donors (Lipinski definition) is 1. The van der Waals surface area contributed by atoms with Gasteiger partial charge in [0.2, 0.25) is 5.88 Å². The van der Waals surface area contributed by atoms with Gasteiger partial charge in [0, 0.05) is 36.8 Å². The van der Waals surface area contributed by atoms with Gasteiger partial charge in [0.1, 0.15) is 5.56 Å². The first-order valence-corrected chi connectivity index (χ1v) is 8.94. The van der Waals surface area contributed by atoms with Crippen LogP contribution in [0.2, 0.25) is 5.02 Å². The summed E-state index contributed by atoms with van der Waals surface area (Å²) in [6, 6.07) is 10.1. The Hall–Kier alpha value is -3.59. The van der Waals surface area contributed by atoms with Gasteiger partial charge >= 0.3 is 5.69 Å². The molecule has 3 aromatic rings. The summed E-state index contributed by atoms with van der Waals surface area (Å²) in [6.45, 7) is 0. The number of rotatable bonds is 2. The Kier molecular flexibility index (Phi) is 4.39. The topological polar surface area (TPSA) is 108 Å². The largest absolute Gasteiger partial charge is 0.438 e. The Labute approximate surface area is 168 Å². The van der Waals surface area contributed by atoms with E-state index >= 15 is 0 Å². The molecule has 0 saturated carbocycles. The van der Waals surface area contributed by atoms with Crippen LogP contribution < -0.4 is 21.3 Å². The van der Waals surface area contributed by atoms with E-state index in [0.29, 0.717) is 17.0 Å². The van der Waals surface area contributed by atoms with Crippen molar-refractivity contribution in [3.63, 3.8) is 0 Å². The molecule has 148 valence electrons. The van der Waals surface area contributed by atoms with Crippen molar-refractivity contribution in [1.82, 2.24) is 9.13 Å². The minimum atomic E-state index is -0.883. The number of nitrogens with one attached hydrogen (secondary N) is 1. The van der Waals surface area contributed by atoms with E-state index < -0.39 is 22.2 Å². The van der Waals surface area contributed by atoms with Crippen molar-refractivity contribution in [3.05, 3.63) is 89.6 Å². The second kappa shape index (κ2) is 6.78. The number of para-hydroxylation sites is 2. The number of ether oxygens (including phenoxy) is 1. The molecule has 0 bridgehead atoms. The molecule has 4 rings (SSSR count). The van der Waals surface area contributed by atoms with Crippen LogP contribution in [0.3, 0.4) is 0 Å². The fourth-order valence-electron chi connectivity index (χ4n) is 3.33. The van der Waals surface area contributed by atoms with Gasteiger partial charge in [-0.15, -0.1) is 0 Å². The smallest absolute Gasteiger partial charge is 0.333 e. The van der Waals surface area contributed by atoms with E-state index in [2.05, 4.69) is 5.32 Å². The maximum absolute atomic E-state index is 13.1. The number of nitro groups is 1. The molecule has 0 unspecified atom stereocenters. The van der Waals surface area contributed by atoms with E-state index in [1.54, 1.807) is 24.3 Å². The Morgan fingerprint density at radius 3 is 2.59 bits per heavy atom. The zero-order chi connectivity index (χ0) is 20.9. The van der Waals surface area contributed by atoms with E-state index in [1.165, 1.54) is 36.9 Å². The average molecular weight is 415 g/mol. The Morgan fingerprint density at radius 1 is 1.14 bits per heavy atom. The summed E-state index contributed by atoms with van der Waals surface area (Å²) >= 11 is 6.36. The van der Waals surface area contributed by atoms with Gasteiger partial charge in [-0.05, 0) is 18.2 Å². The lowest BCUT2D eigenvalue weighted by atomic mass is 9.99. The third kappa shape index (κ3) is 2.95. The zero-order valence-electron chi connectivity index (χ0n) is 15.4. The third-order valence-corrected chi connectivity index (χ3v) is 5.17. The number of benzene rings is 2. The lowest BCUT2D eigenvalue weighted by Gasteiger charge is -2.21. The summed E-state index contributed by atoms with van der Waals surface area (Å²) in [6.07, 6.45) is 0. The highest BCUT2D eigenvalue weighted by Gasteiger charge is 2.32. The summed E-state index contributed by atoms with van der Waals surface area (Å²) < 4.78 is 8.11. The van der Waals surface area contributed by atoms with Gasteiger partial charge < -0.3 is 10.1 Å². The maximum atomic E-state index is 13.1. The highest BCUT2D eigenvalue weighted by atomic mass is 35.5. The maximum Gasteiger partial charge on any atom is 0.333 e. The summed E-state index contributed by atoms with van der Waals surface area (Å²) in [7, 11) is 2.84. The van der Waals surface area contributed by atoms with Crippen LogP contribution in [0.15, 0.2) is 52.1 Å². The van der Waals surface area contributed by atoms with Crippen LogP contribution in [-0.2, 0) is 14.1 Å². The summed E-state index contributed by atoms with van der Waals surface area (Å²) in [4.78, 5) is 36.3. The molecule has 2 heterocycles. The molecule has 0 saturated heterocycles. The van der Waals surface area contributed by atoms with Gasteiger partial charge in [-0.25, -0.2) is 4.79 Å². The van der Waals surface area contributed by atoms with E-state index in [-0.39, 0.29) is 22.2 Å². The predicted molar refractivity (Wildman–Crippen MR) is 107 cm³/mol. The zero-order valence-corrected chi connectivity index (χ0v) is 16.1. The van der Waals surface area contributed by atoms with Crippen molar-refractivity contribution in [3.8, 4) is 11.6 Å². The van der Waals surface area contributed by atoms with Crippen molar-refractivity contribution >= 4 is 23.0 Å². The molecule has 1 N–H and O–H groups in total. The van der Waals surface area contributed by atoms with Crippen LogP contribution in [-0.4, -0.2) is 14.1 Å². The quantitative estimate of drug-likeness (QED) is 0.510. The van der Waals surface area contributed by atoms with E-state index in [4.69, 9.17) is 16.3 Å². The predicted octanol–water partition coefficient (Wildman–Crippen LogP) is 2.95. The van der Waals surface area contributed by atoms with E-state index in [9.17, 15) is 19.7 Å². The Balaban J connectivity index is 2.08. The number of hydrogen-bond acceptors (Lipinski definition) is 6. The highest BCUT2D eigenvalue weighted by molar-refractivity contribution is 6.31. The number of fused-ring (bicyclic) bond motifs is 2. The monoisotopic (exact) mass is 414 g/mol. The minimum Gasteiger partial charge on any atom is -0.438 e. The molecule has 0 aliphatic carbocycles. The lowest BCUT2D eigenvalue weighted by molar-refractivity contribution is -0.384. The van der Waals surface area contributed by atoms with Crippen LogP contribution in [0, 0.1) is 10.1 Å². The highest BCUT2D eigenvalue weighted by Crippen LogP contribution is 2.42. The molecule has 0 radical (unpaired) electrons. The molecule has 29 heavy (non-hydrogen) atoms. The van der Waals surface area contributed by atoms with Crippen LogP contribution in [0.4, 0.5) is 11.4 Å². The van der Waals surface area contributed by atoms with Crippen LogP contribution in [0.5, 0.6) is 11.6 Å². The Bertz CT molecular complexity index is 1280. The molecule has 2 aromatic carbocycles. The molecule has 0 fully saturated rings. The number of anilines is 1. The van der Waals surface area contributed by atoms with Gasteiger partial charge in [0.25, 0.3) is 11.2 Å². The molecule has 1 aliphatic heterocycles. The van der Waals surface area contributed by atoms with Crippen molar-refractivity contribution in [2.75, 3.05) is 5.32 Å². The van der Waals surface area contributed by atoms with Crippen molar-refractivity contribution in [1.29, 1.82) is 0 Å². The Morgan fingerprint density at radius 2 is 1.86 bits per heavy atom. The van der Waals surface area contributed by atoms with Gasteiger partial charge in [0.15, 0.2) is 5.75 Å². The molecule has 0 spiro atoms. The molecule has 1 atom stereocenters. The average Bonchev–Trinajstić information content (AvgIpc) is 2.88. The SMILES string of the molecule is Cn1c2c(c(=O)n(C)c1=O)[C@H](c1cc([N+](=O)[O-])ccc1Cl)Nc1ccccc1O2. The van der Waals surface area contributed by atoms with Crippen LogP contribution in [0.25, 0.3) is 0 Å². The second-order valence-corrected chi connectivity index (χ2v) is 6.97. The first-order chi connectivity index (χ1) is 13.8. The standard InChI is InChI=1S/C19H15ClN4O5/c1-22-17(25)15-16(11-9-10(24(27)28)7-8-12(11)20)21-13-5-3-4-6-14(13)29-18(15)23(2)19(22)26/h3-9,16,21H,1-2H3/t16-/m0/s1. The molecular weight excluding hydrogens is 400 g/mol. The van der Waals surface area contributed by atoms with Gasteiger partial charge in [-0.1, -0.05) is 23.7 Å². The summed E-state index contributed by atoms with van der Waals surface area (Å²) in [5, 5.41) is 14.7. The molecule has 10 heteroatoms. The summed E-state index contributed by atoms with van der Waals surface area (Å²) in [5.41, 5.74) is -0.335. The van der Waals surface area contributed by atoms with Crippen molar-refractivity contribution in [2.24, 2.45) is 14.1 Å². The number of nitrogens with zero attached hydrogens (tertiary/aromatic N) is 3. The van der Waals surface area contributed by atoms with E-state index in [1.807, 2.05) is 0 Å². The first kappa shape index (κ1) is 18.8. The number of non-ortho nitro benzene ring substituents is 1. The van der Waals surface area contributed by atoms with Crippen LogP contribution in [0.1, 0.15) is 17.2 Å². The second-order valence-electron chi connectivity index (χ2n) is 6.56. The van der Waals surface area contributed by atoms with Gasteiger partial charge in [0.05, 0.1) is 16.7 Å². The minimum absolute atomic E-state index is 0.0446. The van der Waals surface area contributed by atoms with Gasteiger partial charge in [-0.3, -0.25) is 24.0 Å². The lowest BCUT2D eigenvalue weighted by Crippen LogP contribution is -2.40. The van der Waals surface area contributed by atoms with Crippen molar-refractivity contribution in [2.45, 2.75) is 6.04 Å². The molecule has 0 amide bonds. The fraction of sp³-hybridized carbons (Fsp3) is 0.158.